The summed E-state index contributed by atoms with van der Waals surface area (Å²) in [6.45, 7) is 0. The topological polar surface area (TPSA) is 78.8 Å². The quantitative estimate of drug-likeness (QED) is 0.728. The number of nitrogens with zero attached hydrogens (tertiary/aromatic N) is 3. The summed E-state index contributed by atoms with van der Waals surface area (Å²) in [5, 5.41) is 19.9. The van der Waals surface area contributed by atoms with Gasteiger partial charge in [0.15, 0.2) is 0 Å². The summed E-state index contributed by atoms with van der Waals surface area (Å²) in [7, 11) is 3.12. The summed E-state index contributed by atoms with van der Waals surface area (Å²) >= 11 is 0. The first kappa shape index (κ1) is 15.3. The minimum atomic E-state index is -0.246. The van der Waals surface area contributed by atoms with Crippen LogP contribution in [0.5, 0.6) is 5.75 Å². The molecule has 24 heavy (non-hydrogen) atoms. The van der Waals surface area contributed by atoms with E-state index in [1.165, 1.54) is 4.57 Å². The summed E-state index contributed by atoms with van der Waals surface area (Å²) in [5.74, 6) is 0.595. The molecule has 3 aromatic rings. The fraction of sp³-hybridized carbons (Fsp3) is 0.105. The zero-order valence-corrected chi connectivity index (χ0v) is 13.2. The first-order chi connectivity index (χ1) is 11.6. The molecule has 2 aromatic carbocycles. The summed E-state index contributed by atoms with van der Waals surface area (Å²) in [5.41, 5.74) is 1.81. The number of hydrogen-bond donors (Lipinski definition) is 0. The van der Waals surface area contributed by atoms with Crippen molar-refractivity contribution >= 4 is 10.8 Å². The van der Waals surface area contributed by atoms with E-state index in [9.17, 15) is 10.1 Å². The second kappa shape index (κ2) is 5.91. The van der Waals surface area contributed by atoms with E-state index in [2.05, 4.69) is 12.1 Å². The Bertz CT molecular complexity index is 1100. The smallest absolute Gasteiger partial charge is 0.259 e. The molecule has 0 bridgehead atoms. The van der Waals surface area contributed by atoms with Crippen molar-refractivity contribution in [1.29, 1.82) is 10.5 Å². The summed E-state index contributed by atoms with van der Waals surface area (Å²) in [6.07, 6.45) is 0. The van der Waals surface area contributed by atoms with Gasteiger partial charge in [-0.3, -0.25) is 4.79 Å². The van der Waals surface area contributed by atoms with E-state index in [1.807, 2.05) is 6.07 Å². The molecule has 0 saturated carbocycles. The maximum atomic E-state index is 12.5. The minimum Gasteiger partial charge on any atom is -0.497 e. The standard InChI is InChI=1S/C19H13N3O2/c1-22-17(11-21)18(13-5-3-4-12(8-13)10-20)16-9-14(24-2)6-7-15(16)19(22)23/h3-9H,1-2H3. The molecule has 5 heteroatoms. The van der Waals surface area contributed by atoms with Crippen LogP contribution < -0.4 is 10.3 Å². The third kappa shape index (κ3) is 2.29. The molecule has 0 aliphatic heterocycles. The lowest BCUT2D eigenvalue weighted by Gasteiger charge is -2.14. The van der Waals surface area contributed by atoms with Gasteiger partial charge in [-0.25, -0.2) is 0 Å². The van der Waals surface area contributed by atoms with Gasteiger partial charge in [-0.2, -0.15) is 10.5 Å². The molecule has 0 atom stereocenters. The Morgan fingerprint density at radius 1 is 1.04 bits per heavy atom. The number of pyridine rings is 1. The molecule has 0 radical (unpaired) electrons. The molecule has 0 amide bonds. The fourth-order valence-corrected chi connectivity index (χ4v) is 2.79. The molecule has 0 spiro atoms. The van der Waals surface area contributed by atoms with E-state index in [-0.39, 0.29) is 11.3 Å². The summed E-state index contributed by atoms with van der Waals surface area (Å²) in [6, 6.07) is 16.3. The number of benzene rings is 2. The normalized spacial score (nSPS) is 10.2. The van der Waals surface area contributed by atoms with Crippen molar-refractivity contribution in [3.05, 3.63) is 64.1 Å². The van der Waals surface area contributed by atoms with Crippen LogP contribution in [0.15, 0.2) is 47.3 Å². The van der Waals surface area contributed by atoms with Crippen molar-refractivity contribution in [2.75, 3.05) is 7.11 Å². The number of nitriles is 2. The van der Waals surface area contributed by atoms with Gasteiger partial charge in [0.2, 0.25) is 0 Å². The molecule has 0 unspecified atom stereocenters. The van der Waals surface area contributed by atoms with Crippen LogP contribution in [-0.4, -0.2) is 11.7 Å². The summed E-state index contributed by atoms with van der Waals surface area (Å²) in [4.78, 5) is 12.5. The lowest BCUT2D eigenvalue weighted by molar-refractivity contribution is 0.415. The van der Waals surface area contributed by atoms with E-state index in [1.54, 1.807) is 50.6 Å². The highest BCUT2D eigenvalue weighted by Crippen LogP contribution is 2.32. The van der Waals surface area contributed by atoms with E-state index in [0.717, 1.165) is 0 Å². The van der Waals surface area contributed by atoms with Crippen molar-refractivity contribution in [3.63, 3.8) is 0 Å². The fourth-order valence-electron chi connectivity index (χ4n) is 2.79. The molecular weight excluding hydrogens is 302 g/mol. The summed E-state index contributed by atoms with van der Waals surface area (Å²) < 4.78 is 6.59. The van der Waals surface area contributed by atoms with Crippen LogP contribution in [0.3, 0.4) is 0 Å². The van der Waals surface area contributed by atoms with Crippen molar-refractivity contribution in [1.82, 2.24) is 4.57 Å². The number of hydrogen-bond acceptors (Lipinski definition) is 4. The average Bonchev–Trinajstić information content (AvgIpc) is 2.63. The van der Waals surface area contributed by atoms with Crippen molar-refractivity contribution in [3.8, 4) is 29.0 Å². The van der Waals surface area contributed by atoms with Gasteiger partial charge in [-0.1, -0.05) is 12.1 Å². The lowest BCUT2D eigenvalue weighted by Crippen LogP contribution is -2.20. The van der Waals surface area contributed by atoms with E-state index >= 15 is 0 Å². The Hall–Kier alpha value is -3.57. The van der Waals surface area contributed by atoms with Crippen molar-refractivity contribution in [2.24, 2.45) is 7.05 Å². The molecule has 0 saturated heterocycles. The maximum Gasteiger partial charge on any atom is 0.259 e. The first-order valence-corrected chi connectivity index (χ1v) is 7.22. The van der Waals surface area contributed by atoms with Crippen LogP contribution >= 0.6 is 0 Å². The Labute approximate surface area is 138 Å². The van der Waals surface area contributed by atoms with Crippen LogP contribution in [-0.2, 0) is 7.05 Å². The largest absolute Gasteiger partial charge is 0.497 e. The zero-order valence-electron chi connectivity index (χ0n) is 13.2. The van der Waals surface area contributed by atoms with E-state index < -0.39 is 0 Å². The van der Waals surface area contributed by atoms with Gasteiger partial charge >= 0.3 is 0 Å². The number of methoxy groups -OCH3 is 1. The Balaban J connectivity index is 2.53. The molecule has 3 rings (SSSR count). The number of fused-ring (bicyclic) bond motifs is 1. The minimum absolute atomic E-state index is 0.246. The molecule has 0 fully saturated rings. The molecule has 116 valence electrons. The number of ether oxygens (including phenoxy) is 1. The highest BCUT2D eigenvalue weighted by molar-refractivity contribution is 5.99. The van der Waals surface area contributed by atoms with Crippen LogP contribution in [0, 0.1) is 22.7 Å². The third-order valence-corrected chi connectivity index (χ3v) is 3.99. The molecule has 0 N–H and O–H groups in total. The Kier molecular flexibility index (Phi) is 3.77. The van der Waals surface area contributed by atoms with Crippen molar-refractivity contribution in [2.45, 2.75) is 0 Å². The van der Waals surface area contributed by atoms with Gasteiger partial charge in [0.1, 0.15) is 17.5 Å². The number of aromatic nitrogens is 1. The molecular formula is C19H13N3O2. The predicted octanol–water partition coefficient (Wildman–Crippen LogP) is 2.96. The van der Waals surface area contributed by atoms with Crippen LogP contribution in [0.25, 0.3) is 21.9 Å². The predicted molar refractivity (Wildman–Crippen MR) is 90.6 cm³/mol. The number of rotatable bonds is 2. The lowest BCUT2D eigenvalue weighted by atomic mass is 9.96. The van der Waals surface area contributed by atoms with Crippen molar-refractivity contribution < 1.29 is 4.74 Å². The molecule has 0 aliphatic carbocycles. The van der Waals surface area contributed by atoms with E-state index in [0.29, 0.717) is 33.2 Å². The highest BCUT2D eigenvalue weighted by atomic mass is 16.5. The van der Waals surface area contributed by atoms with E-state index in [4.69, 9.17) is 10.00 Å². The molecule has 5 nitrogen and oxygen atoms in total. The van der Waals surface area contributed by atoms with Crippen LogP contribution in [0.1, 0.15) is 11.3 Å². The third-order valence-electron chi connectivity index (χ3n) is 3.99. The van der Waals surface area contributed by atoms with Gasteiger partial charge in [-0.05, 0) is 35.9 Å². The van der Waals surface area contributed by atoms with Gasteiger partial charge in [0, 0.05) is 23.4 Å². The highest BCUT2D eigenvalue weighted by Gasteiger charge is 2.17. The van der Waals surface area contributed by atoms with Crippen LogP contribution in [0.4, 0.5) is 0 Å². The maximum absolute atomic E-state index is 12.5. The average molecular weight is 315 g/mol. The molecule has 1 heterocycles. The van der Waals surface area contributed by atoms with Gasteiger partial charge in [-0.15, -0.1) is 0 Å². The Morgan fingerprint density at radius 3 is 2.50 bits per heavy atom. The van der Waals surface area contributed by atoms with Gasteiger partial charge in [0.05, 0.1) is 18.7 Å². The van der Waals surface area contributed by atoms with Crippen LogP contribution in [0.2, 0.25) is 0 Å². The molecule has 0 aliphatic rings. The first-order valence-electron chi connectivity index (χ1n) is 7.22. The SMILES string of the molecule is COc1ccc2c(=O)n(C)c(C#N)c(-c3cccc(C#N)c3)c2c1. The zero-order chi connectivity index (χ0) is 17.3. The van der Waals surface area contributed by atoms with Gasteiger partial charge < -0.3 is 9.30 Å². The monoisotopic (exact) mass is 315 g/mol. The Morgan fingerprint density at radius 2 is 1.83 bits per heavy atom. The van der Waals surface area contributed by atoms with Gasteiger partial charge in [0.25, 0.3) is 5.56 Å². The second-order valence-corrected chi connectivity index (χ2v) is 5.30. The second-order valence-electron chi connectivity index (χ2n) is 5.30. The molecule has 1 aromatic heterocycles.